The monoisotopic (exact) mass is 126 g/mol. The van der Waals surface area contributed by atoms with E-state index in [1.165, 1.54) is 0 Å². The summed E-state index contributed by atoms with van der Waals surface area (Å²) in [7, 11) is 1.93. The lowest BCUT2D eigenvalue weighted by atomic mass is 10.3. The van der Waals surface area contributed by atoms with Crippen LogP contribution >= 0.6 is 0 Å². The maximum atomic E-state index is 5.02. The number of rotatable bonds is 4. The number of hydrogen-bond donors (Lipinski definition) is 2. The Bertz CT molecular complexity index is 93.6. The lowest BCUT2D eigenvalue weighted by Crippen LogP contribution is -2.33. The van der Waals surface area contributed by atoms with Crippen molar-refractivity contribution in [3.8, 4) is 12.3 Å². The normalized spacial score (nSPS) is 12.6. The summed E-state index contributed by atoms with van der Waals surface area (Å²) < 4.78 is 0. The van der Waals surface area contributed by atoms with E-state index in [0.29, 0.717) is 12.6 Å². The van der Waals surface area contributed by atoms with Gasteiger partial charge in [-0.1, -0.05) is 5.92 Å². The van der Waals surface area contributed by atoms with Gasteiger partial charge >= 0.3 is 0 Å². The van der Waals surface area contributed by atoms with Gasteiger partial charge in [-0.05, 0) is 14.0 Å². The van der Waals surface area contributed by atoms with Crippen LogP contribution in [-0.4, -0.2) is 26.2 Å². The van der Waals surface area contributed by atoms with Crippen LogP contribution in [0.15, 0.2) is 0 Å². The second-order valence-electron chi connectivity index (χ2n) is 2.02. The van der Waals surface area contributed by atoms with Gasteiger partial charge in [0.15, 0.2) is 0 Å². The van der Waals surface area contributed by atoms with E-state index >= 15 is 0 Å². The first-order chi connectivity index (χ1) is 4.31. The fourth-order valence-electron chi connectivity index (χ4n) is 0.463. The predicted molar refractivity (Wildman–Crippen MR) is 40.2 cm³/mol. The number of likely N-dealkylation sites (N-methyl/N-ethyl adjacent to an activating group) is 1. The Kier molecular flexibility index (Phi) is 5.29. The fraction of sp³-hybridized carbons (Fsp3) is 0.714. The van der Waals surface area contributed by atoms with Crippen LogP contribution in [-0.2, 0) is 0 Å². The van der Waals surface area contributed by atoms with Crippen LogP contribution in [0.25, 0.3) is 0 Å². The zero-order valence-electron chi connectivity index (χ0n) is 6.07. The molecule has 1 unspecified atom stereocenters. The van der Waals surface area contributed by atoms with Gasteiger partial charge in [-0.15, -0.1) is 6.42 Å². The van der Waals surface area contributed by atoms with Crippen LogP contribution in [0.4, 0.5) is 0 Å². The second kappa shape index (κ2) is 5.61. The molecule has 0 aromatic carbocycles. The van der Waals surface area contributed by atoms with Gasteiger partial charge in [-0.25, -0.2) is 0 Å². The molecule has 0 rings (SSSR count). The molecule has 0 aliphatic heterocycles. The first kappa shape index (κ1) is 8.48. The quantitative estimate of drug-likeness (QED) is 0.403. The molecule has 0 bridgehead atoms. The van der Waals surface area contributed by atoms with Gasteiger partial charge in [0.1, 0.15) is 0 Å². The van der Waals surface area contributed by atoms with Crippen LogP contribution in [0.5, 0.6) is 0 Å². The van der Waals surface area contributed by atoms with Crippen molar-refractivity contribution in [2.45, 2.75) is 13.0 Å². The van der Waals surface area contributed by atoms with Crippen LogP contribution < -0.4 is 10.6 Å². The minimum atomic E-state index is 0.498. The van der Waals surface area contributed by atoms with Crippen molar-refractivity contribution in [2.75, 3.05) is 20.1 Å². The predicted octanol–water partition coefficient (Wildman–Crippen LogP) is -0.183. The Balaban J connectivity index is 2.99. The Morgan fingerprint density at radius 2 is 2.33 bits per heavy atom. The van der Waals surface area contributed by atoms with Crippen LogP contribution in [0.3, 0.4) is 0 Å². The largest absolute Gasteiger partial charge is 0.316 e. The number of nitrogens with one attached hydrogen (secondary N) is 2. The Morgan fingerprint density at radius 1 is 1.67 bits per heavy atom. The lowest BCUT2D eigenvalue weighted by Gasteiger charge is -2.08. The fourth-order valence-corrected chi connectivity index (χ4v) is 0.463. The maximum Gasteiger partial charge on any atom is 0.0574 e. The zero-order valence-corrected chi connectivity index (χ0v) is 6.07. The first-order valence-electron chi connectivity index (χ1n) is 3.12. The summed E-state index contributed by atoms with van der Waals surface area (Å²) >= 11 is 0. The molecule has 0 heterocycles. The molecule has 0 saturated heterocycles. The summed E-state index contributed by atoms with van der Waals surface area (Å²) in [5.41, 5.74) is 0. The van der Waals surface area contributed by atoms with Crippen molar-refractivity contribution in [2.24, 2.45) is 0 Å². The van der Waals surface area contributed by atoms with E-state index in [2.05, 4.69) is 23.5 Å². The summed E-state index contributed by atoms with van der Waals surface area (Å²) in [6.07, 6.45) is 5.02. The van der Waals surface area contributed by atoms with Gasteiger partial charge in [0.2, 0.25) is 0 Å². The summed E-state index contributed by atoms with van der Waals surface area (Å²) in [5, 5.41) is 6.18. The van der Waals surface area contributed by atoms with Crippen molar-refractivity contribution < 1.29 is 0 Å². The van der Waals surface area contributed by atoms with Gasteiger partial charge in [0.05, 0.1) is 6.54 Å². The van der Waals surface area contributed by atoms with Crippen molar-refractivity contribution in [1.29, 1.82) is 0 Å². The molecule has 0 amide bonds. The molecule has 52 valence electrons. The highest BCUT2D eigenvalue weighted by Gasteiger charge is 1.92. The highest BCUT2D eigenvalue weighted by atomic mass is 14.9. The van der Waals surface area contributed by atoms with Gasteiger partial charge in [-0.3, -0.25) is 0 Å². The SMILES string of the molecule is C#CCNCC(C)NC. The van der Waals surface area contributed by atoms with E-state index in [-0.39, 0.29) is 0 Å². The molecule has 1 atom stereocenters. The third kappa shape index (κ3) is 5.35. The second-order valence-corrected chi connectivity index (χ2v) is 2.02. The first-order valence-corrected chi connectivity index (χ1v) is 3.12. The molecular formula is C7H14N2. The Morgan fingerprint density at radius 3 is 2.78 bits per heavy atom. The molecule has 0 aliphatic rings. The Labute approximate surface area is 57.0 Å². The highest BCUT2D eigenvalue weighted by Crippen LogP contribution is 1.72. The van der Waals surface area contributed by atoms with E-state index in [0.717, 1.165) is 6.54 Å². The molecule has 0 aromatic rings. The number of terminal acetylenes is 1. The lowest BCUT2D eigenvalue weighted by molar-refractivity contribution is 0.562. The summed E-state index contributed by atoms with van der Waals surface area (Å²) in [6.45, 7) is 3.69. The van der Waals surface area contributed by atoms with E-state index in [1.54, 1.807) is 0 Å². The highest BCUT2D eigenvalue weighted by molar-refractivity contribution is 4.86. The van der Waals surface area contributed by atoms with Crippen LogP contribution in [0.1, 0.15) is 6.92 Å². The summed E-state index contributed by atoms with van der Waals surface area (Å²) in [4.78, 5) is 0. The molecule has 0 aliphatic carbocycles. The minimum absolute atomic E-state index is 0.498. The van der Waals surface area contributed by atoms with Crippen molar-refractivity contribution in [3.63, 3.8) is 0 Å². The van der Waals surface area contributed by atoms with Crippen molar-refractivity contribution in [1.82, 2.24) is 10.6 Å². The molecule has 2 nitrogen and oxygen atoms in total. The molecule has 0 spiro atoms. The van der Waals surface area contributed by atoms with Crippen molar-refractivity contribution in [3.05, 3.63) is 0 Å². The third-order valence-electron chi connectivity index (χ3n) is 1.17. The third-order valence-corrected chi connectivity index (χ3v) is 1.17. The van der Waals surface area contributed by atoms with Gasteiger partial charge in [-0.2, -0.15) is 0 Å². The molecular weight excluding hydrogens is 112 g/mol. The Hall–Kier alpha value is -0.520. The van der Waals surface area contributed by atoms with Gasteiger partial charge < -0.3 is 10.6 Å². The average molecular weight is 126 g/mol. The van der Waals surface area contributed by atoms with Crippen molar-refractivity contribution >= 4 is 0 Å². The standard InChI is InChI=1S/C7H14N2/c1-4-5-9-6-7(2)8-3/h1,7-9H,5-6H2,2-3H3. The van der Waals surface area contributed by atoms with E-state index in [9.17, 15) is 0 Å². The van der Waals surface area contributed by atoms with Crippen LogP contribution in [0.2, 0.25) is 0 Å². The summed E-state index contributed by atoms with van der Waals surface area (Å²) in [5.74, 6) is 2.51. The maximum absolute atomic E-state index is 5.02. The topological polar surface area (TPSA) is 24.1 Å². The molecule has 2 N–H and O–H groups in total. The number of hydrogen-bond acceptors (Lipinski definition) is 2. The average Bonchev–Trinajstić information content (AvgIpc) is 1.89. The molecule has 9 heavy (non-hydrogen) atoms. The molecule has 0 aromatic heterocycles. The molecule has 2 heteroatoms. The smallest absolute Gasteiger partial charge is 0.0574 e. The summed E-state index contributed by atoms with van der Waals surface area (Å²) in [6, 6.07) is 0.498. The minimum Gasteiger partial charge on any atom is -0.316 e. The van der Waals surface area contributed by atoms with E-state index in [1.807, 2.05) is 7.05 Å². The van der Waals surface area contributed by atoms with Gasteiger partial charge in [0, 0.05) is 12.6 Å². The van der Waals surface area contributed by atoms with Gasteiger partial charge in [0.25, 0.3) is 0 Å². The van der Waals surface area contributed by atoms with Crippen LogP contribution in [0, 0.1) is 12.3 Å². The molecule has 0 fully saturated rings. The molecule has 0 radical (unpaired) electrons. The molecule has 0 saturated carbocycles. The zero-order chi connectivity index (χ0) is 7.11. The van der Waals surface area contributed by atoms with E-state index < -0.39 is 0 Å². The van der Waals surface area contributed by atoms with E-state index in [4.69, 9.17) is 6.42 Å².